The third-order valence-corrected chi connectivity index (χ3v) is 5.07. The zero-order valence-electron chi connectivity index (χ0n) is 15.8. The van der Waals surface area contributed by atoms with Crippen LogP contribution in [-0.4, -0.2) is 49.8 Å². The van der Waals surface area contributed by atoms with Gasteiger partial charge in [-0.3, -0.25) is 0 Å². The average Bonchev–Trinajstić information content (AvgIpc) is 2.68. The van der Waals surface area contributed by atoms with Crippen molar-refractivity contribution in [3.05, 3.63) is 48.0 Å². The van der Waals surface area contributed by atoms with Gasteiger partial charge in [0.1, 0.15) is 13.2 Å². The van der Waals surface area contributed by atoms with Gasteiger partial charge in [0.2, 0.25) is 0 Å². The van der Waals surface area contributed by atoms with Crippen LogP contribution in [-0.2, 0) is 0 Å². The number of amides is 2. The van der Waals surface area contributed by atoms with Crippen molar-refractivity contribution in [3.8, 4) is 11.5 Å². The van der Waals surface area contributed by atoms with Gasteiger partial charge < -0.3 is 24.6 Å². The Kier molecular flexibility index (Phi) is 4.79. The molecule has 1 unspecified atom stereocenters. The van der Waals surface area contributed by atoms with Gasteiger partial charge >= 0.3 is 6.03 Å². The molecule has 0 aliphatic carbocycles. The third-order valence-electron chi connectivity index (χ3n) is 5.07. The molecule has 2 heterocycles. The zero-order chi connectivity index (χ0) is 18.8. The predicted octanol–water partition coefficient (Wildman–Crippen LogP) is 3.51. The number of ether oxygens (including phenoxy) is 2. The Morgan fingerprint density at radius 1 is 1.04 bits per heavy atom. The lowest BCUT2D eigenvalue weighted by molar-refractivity contribution is 0.171. The molecule has 2 aromatic rings. The van der Waals surface area contributed by atoms with E-state index >= 15 is 0 Å². The second-order valence-corrected chi connectivity index (χ2v) is 7.11. The fourth-order valence-electron chi connectivity index (χ4n) is 3.59. The lowest BCUT2D eigenvalue weighted by Crippen LogP contribution is -2.54. The van der Waals surface area contributed by atoms with Gasteiger partial charge in [0, 0.05) is 43.1 Å². The lowest BCUT2D eigenvalue weighted by atomic mass is 10.1. The number of aryl methyl sites for hydroxylation is 1. The number of carbonyl (C=O) groups excluding carboxylic acids is 1. The zero-order valence-corrected chi connectivity index (χ0v) is 15.8. The Morgan fingerprint density at radius 2 is 1.78 bits per heavy atom. The third kappa shape index (κ3) is 3.79. The van der Waals surface area contributed by atoms with Crippen LogP contribution < -0.4 is 19.7 Å². The average molecular weight is 367 g/mol. The first-order valence-corrected chi connectivity index (χ1v) is 9.39. The van der Waals surface area contributed by atoms with Crippen LogP contribution in [0.2, 0.25) is 0 Å². The first-order chi connectivity index (χ1) is 13.1. The van der Waals surface area contributed by atoms with Crippen LogP contribution in [0.3, 0.4) is 0 Å². The number of piperazine rings is 1. The van der Waals surface area contributed by atoms with E-state index in [9.17, 15) is 4.79 Å². The molecular weight excluding hydrogens is 342 g/mol. The number of nitrogens with zero attached hydrogens (tertiary/aromatic N) is 2. The molecule has 6 heteroatoms. The fourth-order valence-corrected chi connectivity index (χ4v) is 3.59. The van der Waals surface area contributed by atoms with Gasteiger partial charge in [-0.2, -0.15) is 0 Å². The molecule has 0 radical (unpaired) electrons. The molecule has 2 aromatic carbocycles. The summed E-state index contributed by atoms with van der Waals surface area (Å²) in [5, 5.41) is 2.98. The lowest BCUT2D eigenvalue weighted by Gasteiger charge is -2.41. The molecule has 1 atom stereocenters. The second kappa shape index (κ2) is 7.39. The van der Waals surface area contributed by atoms with Crippen LogP contribution in [0.4, 0.5) is 16.2 Å². The second-order valence-electron chi connectivity index (χ2n) is 7.11. The molecule has 4 rings (SSSR count). The molecule has 1 N–H and O–H groups in total. The summed E-state index contributed by atoms with van der Waals surface area (Å²) in [6, 6.07) is 14.2. The van der Waals surface area contributed by atoms with E-state index in [1.165, 1.54) is 11.3 Å². The van der Waals surface area contributed by atoms with Gasteiger partial charge in [0.05, 0.1) is 0 Å². The Morgan fingerprint density at radius 3 is 2.52 bits per heavy atom. The number of rotatable bonds is 2. The molecule has 142 valence electrons. The number of hydrogen-bond donors (Lipinski definition) is 1. The van der Waals surface area contributed by atoms with Crippen LogP contribution in [0.5, 0.6) is 11.5 Å². The van der Waals surface area contributed by atoms with Gasteiger partial charge in [-0.15, -0.1) is 0 Å². The van der Waals surface area contributed by atoms with E-state index in [-0.39, 0.29) is 12.1 Å². The number of carbonyl (C=O) groups is 1. The van der Waals surface area contributed by atoms with Crippen LogP contribution >= 0.6 is 0 Å². The smallest absolute Gasteiger partial charge is 0.321 e. The summed E-state index contributed by atoms with van der Waals surface area (Å²) in [5.41, 5.74) is 3.18. The van der Waals surface area contributed by atoms with Crippen molar-refractivity contribution in [1.29, 1.82) is 0 Å². The van der Waals surface area contributed by atoms with Crippen LogP contribution in [0.25, 0.3) is 0 Å². The van der Waals surface area contributed by atoms with Crippen molar-refractivity contribution < 1.29 is 14.3 Å². The number of benzene rings is 2. The van der Waals surface area contributed by atoms with E-state index in [1.807, 2.05) is 23.1 Å². The van der Waals surface area contributed by atoms with Crippen molar-refractivity contribution in [2.45, 2.75) is 19.9 Å². The Hall–Kier alpha value is -2.89. The number of urea groups is 1. The molecule has 27 heavy (non-hydrogen) atoms. The highest BCUT2D eigenvalue weighted by atomic mass is 16.6. The maximum Gasteiger partial charge on any atom is 0.321 e. The summed E-state index contributed by atoms with van der Waals surface area (Å²) >= 11 is 0. The quantitative estimate of drug-likeness (QED) is 0.883. The minimum atomic E-state index is -0.0814. The van der Waals surface area contributed by atoms with Gasteiger partial charge in [-0.25, -0.2) is 4.79 Å². The number of anilines is 2. The molecule has 2 amide bonds. The maximum atomic E-state index is 12.7. The molecule has 0 bridgehead atoms. The van der Waals surface area contributed by atoms with Gasteiger partial charge in [-0.05, 0) is 38.1 Å². The molecule has 6 nitrogen and oxygen atoms in total. The minimum Gasteiger partial charge on any atom is -0.486 e. The Bertz CT molecular complexity index is 822. The molecule has 1 saturated heterocycles. The highest BCUT2D eigenvalue weighted by Gasteiger charge is 2.27. The Labute approximate surface area is 159 Å². The molecule has 1 fully saturated rings. The van der Waals surface area contributed by atoms with Crippen molar-refractivity contribution in [3.63, 3.8) is 0 Å². The van der Waals surface area contributed by atoms with E-state index in [1.54, 1.807) is 0 Å². The fraction of sp³-hybridized carbons (Fsp3) is 0.381. The number of nitrogens with one attached hydrogen (secondary N) is 1. The molecule has 0 aromatic heterocycles. The summed E-state index contributed by atoms with van der Waals surface area (Å²) in [6.07, 6.45) is 0. The maximum absolute atomic E-state index is 12.7. The monoisotopic (exact) mass is 367 g/mol. The SMILES string of the molecule is Cc1ccc(N2CCN(C(=O)Nc3ccc4c(c3)OCCO4)CC2C)cc1. The Balaban J connectivity index is 1.38. The first-order valence-electron chi connectivity index (χ1n) is 9.39. The van der Waals surface area contributed by atoms with Crippen molar-refractivity contribution in [1.82, 2.24) is 4.90 Å². The predicted molar refractivity (Wildman–Crippen MR) is 106 cm³/mol. The summed E-state index contributed by atoms with van der Waals surface area (Å²) < 4.78 is 11.1. The van der Waals surface area contributed by atoms with E-state index in [4.69, 9.17) is 9.47 Å². The van der Waals surface area contributed by atoms with Crippen LogP contribution in [0, 0.1) is 6.92 Å². The molecule has 0 saturated carbocycles. The number of hydrogen-bond acceptors (Lipinski definition) is 4. The first kappa shape index (κ1) is 17.5. The largest absolute Gasteiger partial charge is 0.486 e. The summed E-state index contributed by atoms with van der Waals surface area (Å²) in [6.45, 7) is 7.53. The highest BCUT2D eigenvalue weighted by Crippen LogP contribution is 2.32. The van der Waals surface area contributed by atoms with Gasteiger partial charge in [0.25, 0.3) is 0 Å². The topological polar surface area (TPSA) is 54.0 Å². The van der Waals surface area contributed by atoms with Crippen LogP contribution in [0.15, 0.2) is 42.5 Å². The summed E-state index contributed by atoms with van der Waals surface area (Å²) in [5.74, 6) is 1.40. The standard InChI is InChI=1S/C21H25N3O3/c1-15-3-6-18(7-4-15)24-10-9-23(14-16(24)2)21(25)22-17-5-8-19-20(13-17)27-12-11-26-19/h3-8,13,16H,9-12,14H2,1-2H3,(H,22,25). The molecular formula is C21H25N3O3. The van der Waals surface area contributed by atoms with Gasteiger partial charge in [-0.1, -0.05) is 17.7 Å². The molecule has 0 spiro atoms. The highest BCUT2D eigenvalue weighted by molar-refractivity contribution is 5.90. The van der Waals surface area contributed by atoms with Gasteiger partial charge in [0.15, 0.2) is 11.5 Å². The molecule has 2 aliphatic heterocycles. The van der Waals surface area contributed by atoms with E-state index < -0.39 is 0 Å². The van der Waals surface area contributed by atoms with Crippen LogP contribution in [0.1, 0.15) is 12.5 Å². The van der Waals surface area contributed by atoms with E-state index in [0.717, 1.165) is 18.0 Å². The van der Waals surface area contributed by atoms with Crippen molar-refractivity contribution in [2.75, 3.05) is 43.1 Å². The molecule has 2 aliphatic rings. The number of fused-ring (bicyclic) bond motifs is 1. The normalized spacial score (nSPS) is 19.0. The van der Waals surface area contributed by atoms with Crippen molar-refractivity contribution >= 4 is 17.4 Å². The van der Waals surface area contributed by atoms with E-state index in [0.29, 0.717) is 32.1 Å². The van der Waals surface area contributed by atoms with E-state index in [2.05, 4.69) is 48.3 Å². The minimum absolute atomic E-state index is 0.0814. The summed E-state index contributed by atoms with van der Waals surface area (Å²) in [7, 11) is 0. The van der Waals surface area contributed by atoms with Crippen molar-refractivity contribution in [2.24, 2.45) is 0 Å². The summed E-state index contributed by atoms with van der Waals surface area (Å²) in [4.78, 5) is 16.9.